The van der Waals surface area contributed by atoms with Crippen molar-refractivity contribution in [2.75, 3.05) is 5.32 Å². The summed E-state index contributed by atoms with van der Waals surface area (Å²) in [5.74, 6) is 0.843. The lowest BCUT2D eigenvalue weighted by Crippen LogP contribution is -2.23. The lowest BCUT2D eigenvalue weighted by atomic mass is 10.1. The predicted molar refractivity (Wildman–Crippen MR) is 116 cm³/mol. The van der Waals surface area contributed by atoms with Gasteiger partial charge in [0.05, 0.1) is 9.92 Å². The molecule has 174 valence electrons. The maximum absolute atomic E-state index is 12.7. The second-order valence-electron chi connectivity index (χ2n) is 7.52. The number of alkyl halides is 3. The van der Waals surface area contributed by atoms with Crippen LogP contribution in [0.15, 0.2) is 47.4 Å². The molecule has 33 heavy (non-hydrogen) atoms. The number of sulfone groups is 1. The number of amides is 1. The summed E-state index contributed by atoms with van der Waals surface area (Å²) in [7, 11) is -5.49. The van der Waals surface area contributed by atoms with Gasteiger partial charge >= 0.3 is 5.51 Å². The molecule has 2 heterocycles. The van der Waals surface area contributed by atoms with E-state index in [0.29, 0.717) is 22.1 Å². The molecular weight excluding hydrogens is 481 g/mol. The van der Waals surface area contributed by atoms with Crippen LogP contribution in [0.5, 0.6) is 0 Å². The third kappa shape index (κ3) is 4.60. The molecule has 7 nitrogen and oxygen atoms in total. The van der Waals surface area contributed by atoms with Gasteiger partial charge in [-0.15, -0.1) is 10.2 Å². The Morgan fingerprint density at radius 2 is 1.76 bits per heavy atom. The topological polar surface area (TPSA) is 93.9 Å². The smallest absolute Gasteiger partial charge is 0.322 e. The van der Waals surface area contributed by atoms with Crippen LogP contribution in [0, 0.1) is 0 Å². The number of nitrogens with zero attached hydrogens (tertiary/aromatic N) is 3. The fraction of sp³-hybridized carbons (Fsp3) is 0.286. The van der Waals surface area contributed by atoms with Crippen LogP contribution in [-0.4, -0.2) is 34.6 Å². The first-order chi connectivity index (χ1) is 15.6. The maximum Gasteiger partial charge on any atom is 0.501 e. The van der Waals surface area contributed by atoms with Gasteiger partial charge in [-0.2, -0.15) is 13.2 Å². The molecule has 1 aromatic heterocycles. The standard InChI is InChI=1S/C21H18ClF3N4O3S/c22-17-10-7-14(12-16(17)19-28-27-18-4-2-1-3-11-29(18)19)26-20(30)13-5-8-15(9-6-13)33(31,32)21(23,24)25/h5-10,12H,1-4,11H2,(H,26,30). The van der Waals surface area contributed by atoms with Crippen LogP contribution in [0.2, 0.25) is 5.02 Å². The van der Waals surface area contributed by atoms with Gasteiger partial charge in [0.2, 0.25) is 0 Å². The number of fused-ring (bicyclic) bond motifs is 1. The molecule has 0 bridgehead atoms. The lowest BCUT2D eigenvalue weighted by Gasteiger charge is -2.12. The second kappa shape index (κ2) is 8.79. The molecule has 1 aliphatic heterocycles. The van der Waals surface area contributed by atoms with E-state index in [9.17, 15) is 26.4 Å². The Hall–Kier alpha value is -2.92. The number of aryl methyl sites for hydroxylation is 1. The molecule has 3 aromatic rings. The van der Waals surface area contributed by atoms with E-state index in [2.05, 4.69) is 15.5 Å². The fourth-order valence-electron chi connectivity index (χ4n) is 3.58. The first kappa shape index (κ1) is 23.2. The van der Waals surface area contributed by atoms with Crippen LogP contribution >= 0.6 is 11.6 Å². The lowest BCUT2D eigenvalue weighted by molar-refractivity contribution is -0.0436. The van der Waals surface area contributed by atoms with Crippen molar-refractivity contribution < 1.29 is 26.4 Å². The van der Waals surface area contributed by atoms with Gasteiger partial charge in [-0.3, -0.25) is 4.79 Å². The van der Waals surface area contributed by atoms with E-state index in [-0.39, 0.29) is 5.56 Å². The predicted octanol–water partition coefficient (Wildman–Crippen LogP) is 4.87. The van der Waals surface area contributed by atoms with E-state index >= 15 is 0 Å². The normalized spacial score (nSPS) is 14.4. The van der Waals surface area contributed by atoms with Gasteiger partial charge in [0, 0.05) is 29.8 Å². The Kier molecular flexibility index (Phi) is 6.19. The number of halogens is 4. The van der Waals surface area contributed by atoms with Crippen molar-refractivity contribution >= 4 is 33.0 Å². The SMILES string of the molecule is O=C(Nc1ccc(Cl)c(-c2nnc3n2CCCCC3)c1)c1ccc(S(=O)(=O)C(F)(F)F)cc1. The Balaban J connectivity index is 1.57. The largest absolute Gasteiger partial charge is 0.501 e. The number of anilines is 1. The van der Waals surface area contributed by atoms with Crippen LogP contribution in [0.3, 0.4) is 0 Å². The zero-order valence-electron chi connectivity index (χ0n) is 17.1. The van der Waals surface area contributed by atoms with E-state index < -0.39 is 26.1 Å². The fourth-order valence-corrected chi connectivity index (χ4v) is 4.54. The van der Waals surface area contributed by atoms with Crippen molar-refractivity contribution in [2.24, 2.45) is 0 Å². The highest BCUT2D eigenvalue weighted by molar-refractivity contribution is 7.92. The molecule has 2 aromatic carbocycles. The summed E-state index contributed by atoms with van der Waals surface area (Å²) in [6.45, 7) is 0.762. The Bertz CT molecular complexity index is 1310. The zero-order valence-corrected chi connectivity index (χ0v) is 18.6. The number of nitrogens with one attached hydrogen (secondary N) is 1. The Labute approximate surface area is 192 Å². The van der Waals surface area contributed by atoms with Gasteiger partial charge in [-0.1, -0.05) is 18.0 Å². The summed E-state index contributed by atoms with van der Waals surface area (Å²) in [5, 5.41) is 11.6. The van der Waals surface area contributed by atoms with Crippen LogP contribution in [0.1, 0.15) is 35.4 Å². The highest BCUT2D eigenvalue weighted by atomic mass is 35.5. The van der Waals surface area contributed by atoms with Gasteiger partial charge in [-0.25, -0.2) is 8.42 Å². The van der Waals surface area contributed by atoms with E-state index in [1.165, 1.54) is 0 Å². The highest BCUT2D eigenvalue weighted by Crippen LogP contribution is 2.32. The molecule has 12 heteroatoms. The first-order valence-electron chi connectivity index (χ1n) is 10.0. The van der Waals surface area contributed by atoms with Crippen molar-refractivity contribution in [3.8, 4) is 11.4 Å². The number of aromatic nitrogens is 3. The van der Waals surface area contributed by atoms with Crippen molar-refractivity contribution in [3.05, 3.63) is 58.9 Å². The minimum atomic E-state index is -5.49. The molecule has 0 aliphatic carbocycles. The van der Waals surface area contributed by atoms with E-state index in [1.807, 2.05) is 4.57 Å². The molecule has 0 fully saturated rings. The van der Waals surface area contributed by atoms with Crippen LogP contribution < -0.4 is 5.32 Å². The molecular formula is C21H18ClF3N4O3S. The molecule has 4 rings (SSSR count). The zero-order chi connectivity index (χ0) is 23.8. The van der Waals surface area contributed by atoms with E-state index in [0.717, 1.165) is 62.3 Å². The molecule has 0 spiro atoms. The Morgan fingerprint density at radius 3 is 2.45 bits per heavy atom. The van der Waals surface area contributed by atoms with Crippen molar-refractivity contribution in [1.29, 1.82) is 0 Å². The quantitative estimate of drug-likeness (QED) is 0.554. The van der Waals surface area contributed by atoms with Crippen molar-refractivity contribution in [3.63, 3.8) is 0 Å². The highest BCUT2D eigenvalue weighted by Gasteiger charge is 2.46. The maximum atomic E-state index is 12.7. The summed E-state index contributed by atoms with van der Waals surface area (Å²) in [4.78, 5) is 11.6. The van der Waals surface area contributed by atoms with Crippen LogP contribution in [-0.2, 0) is 22.8 Å². The third-order valence-corrected chi connectivity index (χ3v) is 7.14. The average molecular weight is 499 g/mol. The third-order valence-electron chi connectivity index (χ3n) is 5.31. The minimum absolute atomic E-state index is 0.0102. The van der Waals surface area contributed by atoms with Gasteiger partial charge in [-0.05, 0) is 55.3 Å². The summed E-state index contributed by atoms with van der Waals surface area (Å²) >= 11 is 6.38. The number of carbonyl (C=O) groups is 1. The van der Waals surface area contributed by atoms with E-state index in [4.69, 9.17) is 11.6 Å². The summed E-state index contributed by atoms with van der Waals surface area (Å²) in [6.07, 6.45) is 3.94. The molecule has 0 saturated heterocycles. The molecule has 0 radical (unpaired) electrons. The summed E-state index contributed by atoms with van der Waals surface area (Å²) < 4.78 is 63.0. The molecule has 0 saturated carbocycles. The number of rotatable bonds is 4. The van der Waals surface area contributed by atoms with Gasteiger partial charge in [0.25, 0.3) is 15.7 Å². The molecule has 1 N–H and O–H groups in total. The summed E-state index contributed by atoms with van der Waals surface area (Å²) in [6, 6.07) is 8.35. The second-order valence-corrected chi connectivity index (χ2v) is 9.87. The average Bonchev–Trinajstić information content (AvgIpc) is 3.02. The van der Waals surface area contributed by atoms with E-state index in [1.54, 1.807) is 18.2 Å². The van der Waals surface area contributed by atoms with Gasteiger partial charge in [0.1, 0.15) is 5.82 Å². The number of hydrogen-bond donors (Lipinski definition) is 1. The molecule has 1 aliphatic rings. The molecule has 1 amide bonds. The number of carbonyl (C=O) groups excluding carboxylic acids is 1. The first-order valence-corrected chi connectivity index (χ1v) is 11.9. The minimum Gasteiger partial charge on any atom is -0.322 e. The van der Waals surface area contributed by atoms with Crippen molar-refractivity contribution in [1.82, 2.24) is 14.8 Å². The van der Waals surface area contributed by atoms with Crippen molar-refractivity contribution in [2.45, 2.75) is 42.6 Å². The van der Waals surface area contributed by atoms with Crippen LogP contribution in [0.4, 0.5) is 18.9 Å². The molecule has 0 unspecified atom stereocenters. The number of hydrogen-bond acceptors (Lipinski definition) is 5. The van der Waals surface area contributed by atoms with Gasteiger partial charge < -0.3 is 9.88 Å². The molecule has 0 atom stereocenters. The van der Waals surface area contributed by atoms with Gasteiger partial charge in [0.15, 0.2) is 5.82 Å². The monoisotopic (exact) mass is 498 g/mol. The number of benzene rings is 2. The van der Waals surface area contributed by atoms with Crippen LogP contribution in [0.25, 0.3) is 11.4 Å². The Morgan fingerprint density at radius 1 is 1.03 bits per heavy atom. The summed E-state index contributed by atoms with van der Waals surface area (Å²) in [5.41, 5.74) is -4.46.